The van der Waals surface area contributed by atoms with Crippen LogP contribution in [0.1, 0.15) is 118 Å². The average Bonchev–Trinajstić information content (AvgIpc) is 3.64. The molecule has 0 unspecified atom stereocenters. The summed E-state index contributed by atoms with van der Waals surface area (Å²) in [7, 11) is 0. The Kier molecular flexibility index (Phi) is 27.5. The van der Waals surface area contributed by atoms with Crippen LogP contribution in [0.5, 0.6) is 5.75 Å². The molecular formula is C50H74N6O7S2. The SMILES string of the molecule is CC(C)=CCC/C(C)=C/CC/C(C)=C/CSC[C@H](NC(=O)Cc1c[nH]c2ccc(OC/C(C)=C/CC/C(C)=C/CC/C(C)=C/CSC[C@H](NC(=O)CCC(N)=O)C(=O)NN)cc12)C(=O)O. The summed E-state index contributed by atoms with van der Waals surface area (Å²) >= 11 is 3.00. The quantitative estimate of drug-likeness (QED) is 0.0122. The highest BCUT2D eigenvalue weighted by Gasteiger charge is 2.22. The lowest BCUT2D eigenvalue weighted by Crippen LogP contribution is -2.50. The van der Waals surface area contributed by atoms with Crippen molar-refractivity contribution in [2.75, 3.05) is 29.6 Å². The lowest BCUT2D eigenvalue weighted by molar-refractivity contribution is -0.141. The van der Waals surface area contributed by atoms with Gasteiger partial charge in [-0.2, -0.15) is 23.5 Å². The molecule has 13 nitrogen and oxygen atoms in total. The molecule has 1 aromatic carbocycles. The van der Waals surface area contributed by atoms with Crippen LogP contribution in [-0.4, -0.2) is 81.4 Å². The number of primary amides is 1. The zero-order valence-corrected chi connectivity index (χ0v) is 41.2. The smallest absolute Gasteiger partial charge is 0.327 e. The van der Waals surface area contributed by atoms with Crippen molar-refractivity contribution in [3.8, 4) is 5.75 Å². The number of nitrogens with two attached hydrogens (primary N) is 2. The molecule has 15 heteroatoms. The van der Waals surface area contributed by atoms with Crippen molar-refractivity contribution in [1.82, 2.24) is 21.0 Å². The van der Waals surface area contributed by atoms with E-state index in [1.807, 2.05) is 25.1 Å². The van der Waals surface area contributed by atoms with E-state index in [9.17, 15) is 29.1 Å². The van der Waals surface area contributed by atoms with Crippen LogP contribution >= 0.6 is 23.5 Å². The molecule has 65 heavy (non-hydrogen) atoms. The first kappa shape index (κ1) is 56.1. The number of benzene rings is 1. The highest BCUT2D eigenvalue weighted by Crippen LogP contribution is 2.25. The number of hydrogen-bond donors (Lipinski definition) is 7. The molecule has 0 aliphatic rings. The zero-order chi connectivity index (χ0) is 48.1. The molecule has 0 bridgehead atoms. The molecule has 2 atom stereocenters. The third-order valence-electron chi connectivity index (χ3n) is 10.4. The van der Waals surface area contributed by atoms with Crippen LogP contribution < -0.4 is 32.4 Å². The van der Waals surface area contributed by atoms with Crippen LogP contribution in [-0.2, 0) is 30.4 Å². The van der Waals surface area contributed by atoms with E-state index < -0.39 is 35.8 Å². The largest absolute Gasteiger partial charge is 0.489 e. The molecule has 0 spiro atoms. The normalized spacial score (nSPS) is 13.6. The van der Waals surface area contributed by atoms with Gasteiger partial charge in [0.05, 0.1) is 6.42 Å². The van der Waals surface area contributed by atoms with Crippen molar-refractivity contribution in [3.05, 3.63) is 99.9 Å². The molecule has 4 amide bonds. The summed E-state index contributed by atoms with van der Waals surface area (Å²) in [5, 5.41) is 16.0. The second kappa shape index (κ2) is 31.8. The van der Waals surface area contributed by atoms with E-state index in [0.717, 1.165) is 73.4 Å². The van der Waals surface area contributed by atoms with Crippen LogP contribution in [0, 0.1) is 0 Å². The first-order chi connectivity index (χ1) is 31.0. The molecule has 1 heterocycles. The summed E-state index contributed by atoms with van der Waals surface area (Å²) in [4.78, 5) is 63.4. The number of thioether (sulfide) groups is 2. The van der Waals surface area contributed by atoms with Gasteiger partial charge < -0.3 is 31.2 Å². The van der Waals surface area contributed by atoms with Gasteiger partial charge in [0, 0.05) is 53.0 Å². The maximum atomic E-state index is 13.1. The summed E-state index contributed by atoms with van der Waals surface area (Å²) in [6.07, 6.45) is 22.7. The molecule has 0 aliphatic heterocycles. The molecule has 0 saturated carbocycles. The lowest BCUT2D eigenvalue weighted by atomic mass is 10.1. The topological polar surface area (TPSA) is 219 Å². The summed E-state index contributed by atoms with van der Waals surface area (Å²) in [5.74, 6) is 5.01. The Morgan fingerprint density at radius 1 is 0.692 bits per heavy atom. The van der Waals surface area contributed by atoms with Crippen LogP contribution in [0.15, 0.2) is 94.3 Å². The highest BCUT2D eigenvalue weighted by atomic mass is 32.2. The maximum absolute atomic E-state index is 13.1. The number of fused-ring (bicyclic) bond motifs is 1. The zero-order valence-electron chi connectivity index (χ0n) is 39.6. The molecule has 9 N–H and O–H groups in total. The second-order valence-electron chi connectivity index (χ2n) is 16.8. The van der Waals surface area contributed by atoms with E-state index >= 15 is 0 Å². The predicted octanol–water partition coefficient (Wildman–Crippen LogP) is 8.68. The fraction of sp³-hybridized carbons (Fsp3) is 0.500. The Labute approximate surface area is 395 Å². The number of ether oxygens (including phenoxy) is 1. The van der Waals surface area contributed by atoms with Gasteiger partial charge in [-0.3, -0.25) is 24.6 Å². The predicted molar refractivity (Wildman–Crippen MR) is 270 cm³/mol. The Hall–Kier alpha value is -4.99. The average molecular weight is 935 g/mol. The number of aliphatic carboxylic acids is 1. The van der Waals surface area contributed by atoms with E-state index in [-0.39, 0.29) is 30.9 Å². The number of carbonyl (C=O) groups is 5. The summed E-state index contributed by atoms with van der Waals surface area (Å²) < 4.78 is 6.13. The number of aromatic nitrogens is 1. The van der Waals surface area contributed by atoms with Crippen molar-refractivity contribution >= 4 is 64.0 Å². The number of aromatic amines is 1. The van der Waals surface area contributed by atoms with Gasteiger partial charge in [0.15, 0.2) is 0 Å². The van der Waals surface area contributed by atoms with Crippen molar-refractivity contribution in [3.63, 3.8) is 0 Å². The Morgan fingerprint density at radius 2 is 1.22 bits per heavy atom. The number of H-pyrrole nitrogens is 1. The minimum Gasteiger partial charge on any atom is -0.489 e. The fourth-order valence-corrected chi connectivity index (χ4v) is 8.45. The van der Waals surface area contributed by atoms with E-state index in [1.54, 1.807) is 6.20 Å². The molecule has 2 aromatic rings. The van der Waals surface area contributed by atoms with Crippen LogP contribution in [0.2, 0.25) is 0 Å². The van der Waals surface area contributed by atoms with Crippen LogP contribution in [0.25, 0.3) is 10.9 Å². The molecule has 0 radical (unpaired) electrons. The van der Waals surface area contributed by atoms with Gasteiger partial charge >= 0.3 is 5.97 Å². The van der Waals surface area contributed by atoms with Crippen molar-refractivity contribution in [1.29, 1.82) is 0 Å². The van der Waals surface area contributed by atoms with Gasteiger partial charge in [-0.25, -0.2) is 10.6 Å². The van der Waals surface area contributed by atoms with E-state index in [0.29, 0.717) is 29.6 Å². The van der Waals surface area contributed by atoms with Gasteiger partial charge in [-0.15, -0.1) is 0 Å². The summed E-state index contributed by atoms with van der Waals surface area (Å²) in [6, 6.07) is 3.94. The molecule has 1 aromatic heterocycles. The molecule has 2 rings (SSSR count). The Bertz CT molecular complexity index is 2060. The van der Waals surface area contributed by atoms with Gasteiger partial charge in [0.1, 0.15) is 24.4 Å². The van der Waals surface area contributed by atoms with Gasteiger partial charge in [-0.05, 0) is 129 Å². The number of hydrogen-bond acceptors (Lipinski definition) is 9. The number of allylic oxidation sites excluding steroid dienone is 9. The van der Waals surface area contributed by atoms with E-state index in [1.165, 1.54) is 51.4 Å². The number of carbonyl (C=O) groups excluding carboxylic acids is 4. The molecule has 358 valence electrons. The van der Waals surface area contributed by atoms with Crippen molar-refractivity contribution < 1.29 is 33.8 Å². The third-order valence-corrected chi connectivity index (χ3v) is 12.4. The van der Waals surface area contributed by atoms with Crippen molar-refractivity contribution in [2.45, 2.75) is 131 Å². The first-order valence-electron chi connectivity index (χ1n) is 22.4. The summed E-state index contributed by atoms with van der Waals surface area (Å²) in [6.45, 7) is 15.2. The number of hydrazine groups is 1. The third kappa shape index (κ3) is 25.3. The van der Waals surface area contributed by atoms with Gasteiger partial charge in [-0.1, -0.05) is 64.3 Å². The number of carboxylic acid groups (broad SMARTS) is 1. The highest BCUT2D eigenvalue weighted by molar-refractivity contribution is 7.99. The summed E-state index contributed by atoms with van der Waals surface area (Å²) in [5.41, 5.74) is 16.5. The number of amides is 4. The minimum atomic E-state index is -1.05. The Balaban J connectivity index is 1.77. The lowest BCUT2D eigenvalue weighted by Gasteiger charge is -2.16. The van der Waals surface area contributed by atoms with Crippen LogP contribution in [0.4, 0.5) is 0 Å². The number of rotatable bonds is 32. The molecule has 0 saturated heterocycles. The number of carboxylic acids is 1. The monoisotopic (exact) mass is 935 g/mol. The van der Waals surface area contributed by atoms with E-state index in [4.69, 9.17) is 16.3 Å². The Morgan fingerprint density at radius 3 is 1.75 bits per heavy atom. The standard InChI is InChI=1S/C50H74N6O7S2/c1-34(2)12-8-13-35(3)14-9-17-38(6)25-27-65-33-45(50(61)62)55-48(59)28-40-30-53-43-21-20-41(29-42(40)43)63-31-39(7)19-11-16-36(4)15-10-18-37(5)24-26-64-32-44(49(60)56-52)54-47(58)23-22-46(51)57/h12,14-15,19-21,24-25,29-30,44-45,53H,8-11,13,16-18,22-23,26-28,31-33,52H2,1-7H3,(H2,51,57)(H,54,58)(H,55,59)(H,56,60)(H,61,62)/b35-14+,36-15+,37-24+,38-25+,39-19+/t44-,45-/m0/s1. The van der Waals surface area contributed by atoms with Gasteiger partial charge in [0.2, 0.25) is 17.7 Å². The van der Waals surface area contributed by atoms with Crippen molar-refractivity contribution in [2.24, 2.45) is 11.6 Å². The molecular weight excluding hydrogens is 861 g/mol. The first-order valence-corrected chi connectivity index (χ1v) is 24.7. The van der Waals surface area contributed by atoms with Gasteiger partial charge in [0.25, 0.3) is 5.91 Å². The fourth-order valence-electron chi connectivity index (χ4n) is 6.44. The van der Waals surface area contributed by atoms with E-state index in [2.05, 4.69) is 99.0 Å². The maximum Gasteiger partial charge on any atom is 0.327 e. The van der Waals surface area contributed by atoms with Crippen LogP contribution in [0.3, 0.4) is 0 Å². The number of nitrogens with one attached hydrogen (secondary N) is 4. The molecule has 0 aliphatic carbocycles. The molecule has 0 fully saturated rings. The second-order valence-corrected chi connectivity index (χ2v) is 19.0. The minimum absolute atomic E-state index is 0.0425.